The number of hydrogen-bond acceptors (Lipinski definition) is 2. The molecule has 0 saturated carbocycles. The molecule has 138 valence electrons. The first-order valence-electron chi connectivity index (χ1n) is 8.80. The van der Waals surface area contributed by atoms with Gasteiger partial charge in [0.25, 0.3) is 0 Å². The molecule has 2 N–H and O–H groups in total. The summed E-state index contributed by atoms with van der Waals surface area (Å²) in [6.07, 6.45) is 1.65. The zero-order valence-corrected chi connectivity index (χ0v) is 14.8. The first-order chi connectivity index (χ1) is 12.5. The van der Waals surface area contributed by atoms with E-state index in [0.29, 0.717) is 0 Å². The Labute approximate surface area is 152 Å². The third-order valence-corrected chi connectivity index (χ3v) is 4.62. The predicted molar refractivity (Wildman–Crippen MR) is 98.0 cm³/mol. The molecule has 1 heterocycles. The Bertz CT molecular complexity index is 756. The predicted octanol–water partition coefficient (Wildman–Crippen LogP) is 4.06. The summed E-state index contributed by atoms with van der Waals surface area (Å²) in [5.74, 6) is -0.665. The fraction of sp³-hybridized carbons (Fsp3) is 0.350. The summed E-state index contributed by atoms with van der Waals surface area (Å²) >= 11 is 0. The number of piperidine rings is 1. The first-order valence-corrected chi connectivity index (χ1v) is 8.80. The number of nitrogens with zero attached hydrogens (tertiary/aromatic N) is 1. The van der Waals surface area contributed by atoms with Gasteiger partial charge < -0.3 is 10.6 Å². The molecular formula is C20H23F2N3O. The van der Waals surface area contributed by atoms with Crippen LogP contribution in [0.1, 0.15) is 24.0 Å². The maximum atomic E-state index is 13.8. The van der Waals surface area contributed by atoms with Gasteiger partial charge in [-0.15, -0.1) is 0 Å². The van der Waals surface area contributed by atoms with E-state index in [4.69, 9.17) is 0 Å². The molecule has 0 unspecified atom stereocenters. The van der Waals surface area contributed by atoms with Gasteiger partial charge in [0.1, 0.15) is 11.6 Å². The highest BCUT2D eigenvalue weighted by molar-refractivity contribution is 5.89. The summed E-state index contributed by atoms with van der Waals surface area (Å²) in [4.78, 5) is 14.4. The molecular weight excluding hydrogens is 336 g/mol. The fourth-order valence-corrected chi connectivity index (χ4v) is 3.15. The number of anilines is 1. The van der Waals surface area contributed by atoms with Crippen LogP contribution in [0.2, 0.25) is 0 Å². The van der Waals surface area contributed by atoms with Crippen molar-refractivity contribution < 1.29 is 13.6 Å². The smallest absolute Gasteiger partial charge is 0.319 e. The maximum absolute atomic E-state index is 13.8. The van der Waals surface area contributed by atoms with Crippen molar-refractivity contribution >= 4 is 11.7 Å². The summed E-state index contributed by atoms with van der Waals surface area (Å²) < 4.78 is 26.8. The highest BCUT2D eigenvalue weighted by Gasteiger charge is 2.21. The van der Waals surface area contributed by atoms with Crippen LogP contribution in [0.5, 0.6) is 0 Å². The molecule has 4 nitrogen and oxygen atoms in total. The minimum absolute atomic E-state index is 0.0629. The number of rotatable bonds is 4. The van der Waals surface area contributed by atoms with Gasteiger partial charge in [0.15, 0.2) is 0 Å². The van der Waals surface area contributed by atoms with Crippen molar-refractivity contribution in [1.82, 2.24) is 10.2 Å². The molecule has 0 aliphatic carbocycles. The Morgan fingerprint density at radius 1 is 1.12 bits per heavy atom. The Kier molecular flexibility index (Phi) is 5.83. The number of carbonyl (C=O) groups is 1. The average Bonchev–Trinajstić information content (AvgIpc) is 2.61. The van der Waals surface area contributed by atoms with Crippen LogP contribution in [0.15, 0.2) is 42.5 Å². The normalized spacial score (nSPS) is 15.7. The van der Waals surface area contributed by atoms with Gasteiger partial charge in [-0.25, -0.2) is 13.6 Å². The molecule has 26 heavy (non-hydrogen) atoms. The zero-order valence-electron chi connectivity index (χ0n) is 14.8. The van der Waals surface area contributed by atoms with Crippen molar-refractivity contribution in [2.75, 3.05) is 18.4 Å². The second-order valence-electron chi connectivity index (χ2n) is 6.76. The number of hydrogen-bond donors (Lipinski definition) is 2. The standard InChI is InChI=1S/C20H23F2N3O/c1-14-2-7-19(18(22)12-14)24-20(26)23-17-8-10-25(11-9-17)13-15-3-5-16(21)6-4-15/h2-7,12,17H,8-11,13H2,1H3,(H2,23,24,26). The van der Waals surface area contributed by atoms with Crippen LogP contribution in [0.3, 0.4) is 0 Å². The largest absolute Gasteiger partial charge is 0.335 e. The number of amides is 2. The van der Waals surface area contributed by atoms with Crippen LogP contribution in [0.4, 0.5) is 19.3 Å². The van der Waals surface area contributed by atoms with Gasteiger partial charge in [0.2, 0.25) is 0 Å². The zero-order chi connectivity index (χ0) is 18.5. The van der Waals surface area contributed by atoms with Crippen LogP contribution in [0.25, 0.3) is 0 Å². The average molecular weight is 359 g/mol. The minimum atomic E-state index is -0.436. The van der Waals surface area contributed by atoms with Crippen molar-refractivity contribution in [3.63, 3.8) is 0 Å². The van der Waals surface area contributed by atoms with Gasteiger partial charge in [0.05, 0.1) is 5.69 Å². The monoisotopic (exact) mass is 359 g/mol. The topological polar surface area (TPSA) is 44.4 Å². The molecule has 3 rings (SSSR count). The molecule has 2 amide bonds. The van der Waals surface area contributed by atoms with E-state index in [2.05, 4.69) is 15.5 Å². The van der Waals surface area contributed by atoms with Crippen LogP contribution in [-0.4, -0.2) is 30.1 Å². The fourth-order valence-electron chi connectivity index (χ4n) is 3.15. The second kappa shape index (κ2) is 8.27. The SMILES string of the molecule is Cc1ccc(NC(=O)NC2CCN(Cc3ccc(F)cc3)CC2)c(F)c1. The molecule has 1 aliphatic heterocycles. The van der Waals surface area contributed by atoms with Crippen molar-refractivity contribution in [2.45, 2.75) is 32.4 Å². The Morgan fingerprint density at radius 3 is 2.46 bits per heavy atom. The van der Waals surface area contributed by atoms with E-state index >= 15 is 0 Å². The van der Waals surface area contributed by atoms with Crippen molar-refractivity contribution in [3.05, 3.63) is 65.2 Å². The maximum Gasteiger partial charge on any atom is 0.319 e. The summed E-state index contributed by atoms with van der Waals surface area (Å²) in [6.45, 7) is 4.27. The summed E-state index contributed by atoms with van der Waals surface area (Å²) in [7, 11) is 0. The Balaban J connectivity index is 1.44. The highest BCUT2D eigenvalue weighted by atomic mass is 19.1. The molecule has 6 heteroatoms. The lowest BCUT2D eigenvalue weighted by atomic mass is 10.0. The highest BCUT2D eigenvalue weighted by Crippen LogP contribution is 2.17. The van der Waals surface area contributed by atoms with Gasteiger partial charge >= 0.3 is 6.03 Å². The summed E-state index contributed by atoms with van der Waals surface area (Å²) in [6, 6.07) is 10.9. The van der Waals surface area contributed by atoms with Gasteiger partial charge in [-0.05, 0) is 55.2 Å². The number of likely N-dealkylation sites (tertiary alicyclic amines) is 1. The molecule has 0 atom stereocenters. The number of aryl methyl sites for hydroxylation is 1. The van der Waals surface area contributed by atoms with Crippen molar-refractivity contribution in [2.24, 2.45) is 0 Å². The van der Waals surface area contributed by atoms with Gasteiger partial charge in [-0.3, -0.25) is 4.90 Å². The number of carbonyl (C=O) groups excluding carboxylic acids is 1. The van der Waals surface area contributed by atoms with Crippen LogP contribution >= 0.6 is 0 Å². The van der Waals surface area contributed by atoms with Gasteiger partial charge in [0, 0.05) is 25.7 Å². The molecule has 0 bridgehead atoms. The third-order valence-electron chi connectivity index (χ3n) is 4.62. The van der Waals surface area contributed by atoms with Crippen LogP contribution in [0, 0.1) is 18.6 Å². The van der Waals surface area contributed by atoms with Crippen molar-refractivity contribution in [3.8, 4) is 0 Å². The lowest BCUT2D eigenvalue weighted by Gasteiger charge is -2.32. The third kappa shape index (κ3) is 5.02. The van der Waals surface area contributed by atoms with Crippen LogP contribution in [-0.2, 0) is 6.54 Å². The summed E-state index contributed by atoms with van der Waals surface area (Å²) in [5.41, 5.74) is 2.06. The van der Waals surface area contributed by atoms with Gasteiger partial charge in [-0.1, -0.05) is 18.2 Å². The number of urea groups is 1. The molecule has 1 aliphatic rings. The number of nitrogens with one attached hydrogen (secondary N) is 2. The first kappa shape index (κ1) is 18.3. The van der Waals surface area contributed by atoms with E-state index in [9.17, 15) is 13.6 Å². The lowest BCUT2D eigenvalue weighted by molar-refractivity contribution is 0.190. The lowest BCUT2D eigenvalue weighted by Crippen LogP contribution is -2.45. The molecule has 0 radical (unpaired) electrons. The molecule has 1 fully saturated rings. The van der Waals surface area contributed by atoms with E-state index in [1.54, 1.807) is 31.2 Å². The Morgan fingerprint density at radius 2 is 1.81 bits per heavy atom. The molecule has 0 aromatic heterocycles. The van der Waals surface area contributed by atoms with Crippen molar-refractivity contribution in [1.29, 1.82) is 0 Å². The van der Waals surface area contributed by atoms with E-state index in [-0.39, 0.29) is 23.6 Å². The van der Waals surface area contributed by atoms with E-state index in [0.717, 1.165) is 43.6 Å². The minimum Gasteiger partial charge on any atom is -0.335 e. The molecule has 1 saturated heterocycles. The van der Waals surface area contributed by atoms with Gasteiger partial charge in [-0.2, -0.15) is 0 Å². The van der Waals surface area contributed by atoms with Crippen LogP contribution < -0.4 is 10.6 Å². The van der Waals surface area contributed by atoms with E-state index < -0.39 is 5.82 Å². The van der Waals surface area contributed by atoms with E-state index in [1.165, 1.54) is 18.2 Å². The Hall–Kier alpha value is -2.47. The molecule has 2 aromatic rings. The molecule has 0 spiro atoms. The number of benzene rings is 2. The van der Waals surface area contributed by atoms with E-state index in [1.807, 2.05) is 0 Å². The molecule has 2 aromatic carbocycles. The quantitative estimate of drug-likeness (QED) is 0.865. The number of halogens is 2. The summed E-state index contributed by atoms with van der Waals surface area (Å²) in [5, 5.41) is 5.47. The second-order valence-corrected chi connectivity index (χ2v) is 6.76.